The molecule has 7 nitrogen and oxygen atoms in total. The summed E-state index contributed by atoms with van der Waals surface area (Å²) in [4.78, 5) is 8.81. The van der Waals surface area contributed by atoms with Gasteiger partial charge < -0.3 is 24.8 Å². The minimum absolute atomic E-state index is 0.545. The average molecular weight is 394 g/mol. The van der Waals surface area contributed by atoms with Crippen LogP contribution in [0.3, 0.4) is 0 Å². The lowest BCUT2D eigenvalue weighted by molar-refractivity contribution is 0.324. The lowest BCUT2D eigenvalue weighted by Gasteiger charge is -2.15. The molecule has 1 aromatic heterocycles. The lowest BCUT2D eigenvalue weighted by Crippen LogP contribution is -2.07. The van der Waals surface area contributed by atoms with Gasteiger partial charge in [-0.05, 0) is 24.5 Å². The maximum absolute atomic E-state index is 5.39. The molecule has 2 aromatic carbocycles. The van der Waals surface area contributed by atoms with Gasteiger partial charge in [0, 0.05) is 30.6 Å². The van der Waals surface area contributed by atoms with Crippen molar-refractivity contribution >= 4 is 17.5 Å². The van der Waals surface area contributed by atoms with E-state index in [1.807, 2.05) is 18.2 Å². The summed E-state index contributed by atoms with van der Waals surface area (Å²) in [5.41, 5.74) is 2.10. The molecular weight excluding hydrogens is 368 g/mol. The zero-order chi connectivity index (χ0) is 20.5. The zero-order valence-corrected chi connectivity index (χ0v) is 16.9. The van der Waals surface area contributed by atoms with Gasteiger partial charge in [-0.1, -0.05) is 30.3 Å². The molecule has 0 bridgehead atoms. The van der Waals surface area contributed by atoms with E-state index in [1.165, 1.54) is 5.56 Å². The molecule has 0 aliphatic carbocycles. The number of nitrogens with one attached hydrogen (secondary N) is 2. The van der Waals surface area contributed by atoms with Gasteiger partial charge in [-0.15, -0.1) is 0 Å². The molecule has 152 valence electrons. The largest absolute Gasteiger partial charge is 0.493 e. The SMILES string of the molecule is COc1cc(Nc2ccnc(NCCCc3ccccc3)n2)cc(OC)c1OC. The molecule has 0 aliphatic heterocycles. The number of nitrogens with zero attached hydrogens (tertiary/aromatic N) is 2. The van der Waals surface area contributed by atoms with E-state index < -0.39 is 0 Å². The molecule has 1 heterocycles. The first kappa shape index (κ1) is 20.3. The summed E-state index contributed by atoms with van der Waals surface area (Å²) in [6.45, 7) is 0.794. The molecule has 29 heavy (non-hydrogen) atoms. The summed E-state index contributed by atoms with van der Waals surface area (Å²) in [6.07, 6.45) is 3.72. The van der Waals surface area contributed by atoms with Crippen LogP contribution < -0.4 is 24.8 Å². The minimum Gasteiger partial charge on any atom is -0.493 e. The highest BCUT2D eigenvalue weighted by atomic mass is 16.5. The van der Waals surface area contributed by atoms with Crippen molar-refractivity contribution in [1.29, 1.82) is 0 Å². The van der Waals surface area contributed by atoms with Crippen molar-refractivity contribution < 1.29 is 14.2 Å². The normalized spacial score (nSPS) is 10.3. The molecule has 0 fully saturated rings. The predicted octanol–water partition coefficient (Wildman–Crippen LogP) is 4.29. The van der Waals surface area contributed by atoms with Crippen LogP contribution in [-0.2, 0) is 6.42 Å². The van der Waals surface area contributed by atoms with Crippen LogP contribution in [-0.4, -0.2) is 37.8 Å². The standard InChI is InChI=1S/C22H26N4O3/c1-27-18-14-17(15-19(28-2)21(18)29-3)25-20-11-13-24-22(26-20)23-12-7-10-16-8-5-4-6-9-16/h4-6,8-9,11,13-15H,7,10,12H2,1-3H3,(H2,23,24,25,26). The van der Waals surface area contributed by atoms with Gasteiger partial charge in [-0.3, -0.25) is 0 Å². The molecule has 0 atom stereocenters. The van der Waals surface area contributed by atoms with Gasteiger partial charge in [0.1, 0.15) is 5.82 Å². The fraction of sp³-hybridized carbons (Fsp3) is 0.273. The van der Waals surface area contributed by atoms with E-state index in [9.17, 15) is 0 Å². The quantitative estimate of drug-likeness (QED) is 0.497. The number of aryl methyl sites for hydroxylation is 1. The van der Waals surface area contributed by atoms with Gasteiger partial charge in [0.15, 0.2) is 11.5 Å². The second kappa shape index (κ2) is 10.2. The molecule has 0 radical (unpaired) electrons. The van der Waals surface area contributed by atoms with Crippen LogP contribution in [0.5, 0.6) is 17.2 Å². The number of benzene rings is 2. The van der Waals surface area contributed by atoms with Crippen LogP contribution in [0.15, 0.2) is 54.7 Å². The van der Waals surface area contributed by atoms with Crippen molar-refractivity contribution in [1.82, 2.24) is 9.97 Å². The third-order valence-corrected chi connectivity index (χ3v) is 4.36. The van der Waals surface area contributed by atoms with Gasteiger partial charge >= 0.3 is 0 Å². The third-order valence-electron chi connectivity index (χ3n) is 4.36. The molecule has 0 spiro atoms. The number of anilines is 3. The number of aromatic nitrogens is 2. The Labute approximate surface area is 171 Å². The van der Waals surface area contributed by atoms with Gasteiger partial charge in [0.2, 0.25) is 11.7 Å². The Morgan fingerprint density at radius 1 is 0.897 bits per heavy atom. The van der Waals surface area contributed by atoms with E-state index in [-0.39, 0.29) is 0 Å². The van der Waals surface area contributed by atoms with Crippen LogP contribution in [0.4, 0.5) is 17.5 Å². The highest BCUT2D eigenvalue weighted by Gasteiger charge is 2.13. The summed E-state index contributed by atoms with van der Waals surface area (Å²) >= 11 is 0. The molecule has 0 saturated carbocycles. The van der Waals surface area contributed by atoms with Crippen molar-refractivity contribution in [2.24, 2.45) is 0 Å². The zero-order valence-electron chi connectivity index (χ0n) is 16.9. The highest BCUT2D eigenvalue weighted by molar-refractivity contribution is 5.66. The summed E-state index contributed by atoms with van der Waals surface area (Å²) in [7, 11) is 4.75. The van der Waals surface area contributed by atoms with Crippen molar-refractivity contribution in [3.05, 3.63) is 60.3 Å². The van der Waals surface area contributed by atoms with Crippen molar-refractivity contribution in [2.45, 2.75) is 12.8 Å². The first-order chi connectivity index (χ1) is 14.2. The first-order valence-corrected chi connectivity index (χ1v) is 9.41. The second-order valence-corrected chi connectivity index (χ2v) is 6.32. The van der Waals surface area contributed by atoms with Crippen LogP contribution in [0, 0.1) is 0 Å². The van der Waals surface area contributed by atoms with Gasteiger partial charge in [-0.25, -0.2) is 4.98 Å². The Hall–Kier alpha value is -3.48. The average Bonchev–Trinajstić information content (AvgIpc) is 2.77. The Morgan fingerprint density at radius 2 is 1.62 bits per heavy atom. The van der Waals surface area contributed by atoms with Gasteiger partial charge in [-0.2, -0.15) is 4.98 Å². The van der Waals surface area contributed by atoms with Gasteiger partial charge in [0.05, 0.1) is 21.3 Å². The molecule has 0 saturated heterocycles. The molecule has 7 heteroatoms. The van der Waals surface area contributed by atoms with Crippen LogP contribution in [0.1, 0.15) is 12.0 Å². The highest BCUT2D eigenvalue weighted by Crippen LogP contribution is 2.40. The summed E-state index contributed by atoms with van der Waals surface area (Å²) in [6, 6.07) is 15.9. The number of hydrogen-bond acceptors (Lipinski definition) is 7. The Bertz CT molecular complexity index is 894. The van der Waals surface area contributed by atoms with Crippen LogP contribution in [0.2, 0.25) is 0 Å². The fourth-order valence-corrected chi connectivity index (χ4v) is 2.95. The fourth-order valence-electron chi connectivity index (χ4n) is 2.95. The van der Waals surface area contributed by atoms with Crippen molar-refractivity contribution in [3.8, 4) is 17.2 Å². The molecular formula is C22H26N4O3. The van der Waals surface area contributed by atoms with Gasteiger partial charge in [0.25, 0.3) is 0 Å². The Balaban J connectivity index is 1.62. The van der Waals surface area contributed by atoms with Crippen molar-refractivity contribution in [2.75, 3.05) is 38.5 Å². The van der Waals surface area contributed by atoms with E-state index in [2.05, 4.69) is 44.9 Å². The van der Waals surface area contributed by atoms with Crippen molar-refractivity contribution in [3.63, 3.8) is 0 Å². The molecule has 0 amide bonds. The Kier molecular flexibility index (Phi) is 7.10. The predicted molar refractivity (Wildman–Crippen MR) is 115 cm³/mol. The summed E-state index contributed by atoms with van der Waals surface area (Å²) in [5, 5.41) is 6.53. The van der Waals surface area contributed by atoms with Crippen LogP contribution in [0.25, 0.3) is 0 Å². The van der Waals surface area contributed by atoms with E-state index in [0.717, 1.165) is 25.1 Å². The molecule has 0 aliphatic rings. The molecule has 2 N–H and O–H groups in total. The number of methoxy groups -OCH3 is 3. The monoisotopic (exact) mass is 394 g/mol. The molecule has 3 rings (SSSR count). The number of hydrogen-bond donors (Lipinski definition) is 2. The smallest absolute Gasteiger partial charge is 0.224 e. The van der Waals surface area contributed by atoms with Crippen LogP contribution >= 0.6 is 0 Å². The first-order valence-electron chi connectivity index (χ1n) is 9.41. The topological polar surface area (TPSA) is 77.5 Å². The number of rotatable bonds is 10. The van der Waals surface area contributed by atoms with E-state index in [4.69, 9.17) is 14.2 Å². The molecule has 0 unspecified atom stereocenters. The maximum Gasteiger partial charge on any atom is 0.224 e. The summed E-state index contributed by atoms with van der Waals surface area (Å²) in [5.74, 6) is 2.93. The van der Waals surface area contributed by atoms with E-state index >= 15 is 0 Å². The minimum atomic E-state index is 0.545. The number of ether oxygens (including phenoxy) is 3. The summed E-state index contributed by atoms with van der Waals surface area (Å²) < 4.78 is 16.1. The lowest BCUT2D eigenvalue weighted by atomic mass is 10.1. The second-order valence-electron chi connectivity index (χ2n) is 6.32. The maximum atomic E-state index is 5.39. The third kappa shape index (κ3) is 5.51. The van der Waals surface area contributed by atoms with E-state index in [0.29, 0.717) is 29.0 Å². The van der Waals surface area contributed by atoms with E-state index in [1.54, 1.807) is 33.6 Å². The molecule has 3 aromatic rings. The Morgan fingerprint density at radius 3 is 2.28 bits per heavy atom.